The van der Waals surface area contributed by atoms with Crippen molar-refractivity contribution in [2.24, 2.45) is 0 Å². The molecule has 0 saturated carbocycles. The highest BCUT2D eigenvalue weighted by atomic mass is 32.2. The van der Waals surface area contributed by atoms with Crippen LogP contribution in [0.2, 0.25) is 0 Å². The van der Waals surface area contributed by atoms with Gasteiger partial charge in [0.1, 0.15) is 5.03 Å². The van der Waals surface area contributed by atoms with Crippen LogP contribution in [0.15, 0.2) is 64.6 Å². The van der Waals surface area contributed by atoms with Gasteiger partial charge >= 0.3 is 0 Å². The zero-order valence-electron chi connectivity index (χ0n) is 17.2. The molecule has 2 amide bonds. The molecule has 2 aromatic carbocycles. The number of nitrogens with one attached hydrogen (secondary N) is 1. The third kappa shape index (κ3) is 3.96. The molecule has 1 N–H and O–H groups in total. The van der Waals surface area contributed by atoms with Gasteiger partial charge in [-0.1, -0.05) is 41.6 Å². The van der Waals surface area contributed by atoms with Crippen LogP contribution in [0, 0.1) is 20.8 Å². The Hall–Kier alpha value is -3.12. The largest absolute Gasteiger partial charge is 0.326 e. The van der Waals surface area contributed by atoms with Gasteiger partial charge in [0.2, 0.25) is 5.91 Å². The van der Waals surface area contributed by atoms with Crippen LogP contribution in [-0.2, 0) is 4.79 Å². The molecule has 30 heavy (non-hydrogen) atoms. The van der Waals surface area contributed by atoms with Crippen molar-refractivity contribution in [2.45, 2.75) is 37.1 Å². The highest BCUT2D eigenvalue weighted by Crippen LogP contribution is 2.39. The molecule has 6 heteroatoms. The van der Waals surface area contributed by atoms with Crippen LogP contribution in [0.1, 0.15) is 33.5 Å². The molecule has 0 saturated heterocycles. The van der Waals surface area contributed by atoms with E-state index in [2.05, 4.69) is 22.4 Å². The number of aryl methyl sites for hydroxylation is 3. The summed E-state index contributed by atoms with van der Waals surface area (Å²) in [6.45, 7) is 6.30. The number of nitrogens with zero attached hydrogens (tertiary/aromatic N) is 2. The first-order valence-electron chi connectivity index (χ1n) is 9.85. The molecule has 4 rings (SSSR count). The highest BCUT2D eigenvalue weighted by molar-refractivity contribution is 7.99. The van der Waals surface area contributed by atoms with E-state index < -0.39 is 0 Å². The van der Waals surface area contributed by atoms with E-state index in [0.717, 1.165) is 32.4 Å². The van der Waals surface area contributed by atoms with Crippen molar-refractivity contribution >= 4 is 35.0 Å². The summed E-state index contributed by atoms with van der Waals surface area (Å²) in [5, 5.41) is 3.79. The van der Waals surface area contributed by atoms with Crippen LogP contribution in [0.5, 0.6) is 0 Å². The second-order valence-electron chi connectivity index (χ2n) is 7.45. The molecule has 1 aromatic heterocycles. The maximum atomic E-state index is 13.3. The van der Waals surface area contributed by atoms with Crippen molar-refractivity contribution in [2.75, 3.05) is 16.8 Å². The van der Waals surface area contributed by atoms with E-state index in [-0.39, 0.29) is 24.8 Å². The zero-order valence-corrected chi connectivity index (χ0v) is 18.0. The molecule has 1 aliphatic rings. The van der Waals surface area contributed by atoms with Crippen LogP contribution in [-0.4, -0.2) is 23.3 Å². The van der Waals surface area contributed by atoms with E-state index >= 15 is 0 Å². The molecule has 0 radical (unpaired) electrons. The second-order valence-corrected chi connectivity index (χ2v) is 8.49. The van der Waals surface area contributed by atoms with Crippen molar-refractivity contribution in [1.29, 1.82) is 0 Å². The average Bonchev–Trinajstić information content (AvgIpc) is 2.83. The van der Waals surface area contributed by atoms with E-state index in [0.29, 0.717) is 5.56 Å². The first kappa shape index (κ1) is 20.2. The van der Waals surface area contributed by atoms with Crippen LogP contribution in [0.3, 0.4) is 0 Å². The quantitative estimate of drug-likeness (QED) is 0.638. The number of hydrogen-bond donors (Lipinski definition) is 1. The third-order valence-corrected chi connectivity index (χ3v) is 6.20. The van der Waals surface area contributed by atoms with E-state index in [1.165, 1.54) is 17.3 Å². The van der Waals surface area contributed by atoms with Crippen molar-refractivity contribution in [3.8, 4) is 0 Å². The van der Waals surface area contributed by atoms with Crippen molar-refractivity contribution in [1.82, 2.24) is 4.98 Å². The maximum absolute atomic E-state index is 13.3. The normalized spacial score (nSPS) is 12.8. The second kappa shape index (κ2) is 8.32. The van der Waals surface area contributed by atoms with Gasteiger partial charge in [-0.3, -0.25) is 9.59 Å². The topological polar surface area (TPSA) is 62.3 Å². The Morgan fingerprint density at radius 2 is 1.80 bits per heavy atom. The molecule has 0 atom stereocenters. The van der Waals surface area contributed by atoms with Crippen LogP contribution in [0.4, 0.5) is 11.4 Å². The molecular weight excluding hydrogens is 394 g/mol. The molecule has 0 bridgehead atoms. The minimum absolute atomic E-state index is 0.111. The molecule has 3 aromatic rings. The lowest BCUT2D eigenvalue weighted by Gasteiger charge is -2.22. The summed E-state index contributed by atoms with van der Waals surface area (Å²) in [4.78, 5) is 33.0. The molecule has 0 unspecified atom stereocenters. The van der Waals surface area contributed by atoms with Gasteiger partial charge in [-0.25, -0.2) is 4.98 Å². The van der Waals surface area contributed by atoms with Gasteiger partial charge in [0, 0.05) is 29.7 Å². The molecule has 2 heterocycles. The summed E-state index contributed by atoms with van der Waals surface area (Å²) in [5.41, 5.74) is 5.44. The Morgan fingerprint density at radius 1 is 1.07 bits per heavy atom. The standard InChI is InChI=1S/C24H23N3O2S/c1-15-13-16(2)22(17(3)14-15)26-21(28)10-12-27-19-8-6-11-25-23(19)30-20-9-5-4-7-18(20)24(27)29/h4-9,11,13-14H,10,12H2,1-3H3,(H,26,28). The third-order valence-electron chi connectivity index (χ3n) is 5.12. The monoisotopic (exact) mass is 417 g/mol. The minimum Gasteiger partial charge on any atom is -0.326 e. The SMILES string of the molecule is Cc1cc(C)c(NC(=O)CCN2C(=O)c3ccccc3Sc3ncccc32)c(C)c1. The lowest BCUT2D eigenvalue weighted by atomic mass is 10.0. The van der Waals surface area contributed by atoms with Gasteiger partial charge in [-0.15, -0.1) is 0 Å². The number of benzene rings is 2. The molecule has 0 spiro atoms. The molecule has 0 aliphatic carbocycles. The maximum Gasteiger partial charge on any atom is 0.259 e. The lowest BCUT2D eigenvalue weighted by Crippen LogP contribution is -2.34. The van der Waals surface area contributed by atoms with E-state index in [4.69, 9.17) is 0 Å². The highest BCUT2D eigenvalue weighted by Gasteiger charge is 2.28. The number of fused-ring (bicyclic) bond motifs is 2. The number of hydrogen-bond acceptors (Lipinski definition) is 4. The molecular formula is C24H23N3O2S. The fourth-order valence-corrected chi connectivity index (χ4v) is 4.79. The Balaban J connectivity index is 1.57. The minimum atomic E-state index is -0.117. The van der Waals surface area contributed by atoms with Crippen molar-refractivity contribution in [3.63, 3.8) is 0 Å². The summed E-state index contributed by atoms with van der Waals surface area (Å²) in [5.74, 6) is -0.228. The van der Waals surface area contributed by atoms with E-state index in [1.807, 2.05) is 57.2 Å². The summed E-state index contributed by atoms with van der Waals surface area (Å²) < 4.78 is 0. The van der Waals surface area contributed by atoms with Crippen LogP contribution in [0.25, 0.3) is 0 Å². The van der Waals surface area contributed by atoms with Gasteiger partial charge in [0.05, 0.1) is 11.3 Å². The van der Waals surface area contributed by atoms with Gasteiger partial charge in [-0.05, 0) is 56.2 Å². The summed E-state index contributed by atoms with van der Waals surface area (Å²) in [6, 6.07) is 15.3. The van der Waals surface area contributed by atoms with Crippen molar-refractivity contribution in [3.05, 3.63) is 77.0 Å². The smallest absolute Gasteiger partial charge is 0.259 e. The molecule has 1 aliphatic heterocycles. The predicted octanol–water partition coefficient (Wildman–Crippen LogP) is 5.15. The van der Waals surface area contributed by atoms with Gasteiger partial charge in [0.25, 0.3) is 5.91 Å². The fourth-order valence-electron chi connectivity index (χ4n) is 3.77. The predicted molar refractivity (Wildman–Crippen MR) is 120 cm³/mol. The Morgan fingerprint density at radius 3 is 2.57 bits per heavy atom. The van der Waals surface area contributed by atoms with Gasteiger partial charge in [-0.2, -0.15) is 0 Å². The number of amides is 2. The average molecular weight is 418 g/mol. The first-order valence-corrected chi connectivity index (χ1v) is 10.7. The number of rotatable bonds is 4. The Bertz CT molecular complexity index is 1120. The van der Waals surface area contributed by atoms with E-state index in [9.17, 15) is 9.59 Å². The number of pyridine rings is 1. The number of carbonyl (C=O) groups excluding carboxylic acids is 2. The number of aromatic nitrogens is 1. The first-order chi connectivity index (χ1) is 14.4. The molecule has 152 valence electrons. The Labute approximate surface area is 180 Å². The van der Waals surface area contributed by atoms with Crippen molar-refractivity contribution < 1.29 is 9.59 Å². The van der Waals surface area contributed by atoms with E-state index in [1.54, 1.807) is 11.1 Å². The molecule has 5 nitrogen and oxygen atoms in total. The number of anilines is 2. The fraction of sp³-hybridized carbons (Fsp3) is 0.208. The molecule has 0 fully saturated rings. The van der Waals surface area contributed by atoms with Crippen LogP contribution < -0.4 is 10.2 Å². The summed E-state index contributed by atoms with van der Waals surface area (Å²) >= 11 is 1.48. The lowest BCUT2D eigenvalue weighted by molar-refractivity contribution is -0.116. The number of carbonyl (C=O) groups is 2. The Kier molecular flexibility index (Phi) is 5.59. The van der Waals surface area contributed by atoms with Crippen LogP contribution >= 0.6 is 11.8 Å². The van der Waals surface area contributed by atoms with Gasteiger partial charge in [0.15, 0.2) is 0 Å². The summed E-state index contributed by atoms with van der Waals surface area (Å²) in [7, 11) is 0. The van der Waals surface area contributed by atoms with Gasteiger partial charge < -0.3 is 10.2 Å². The summed E-state index contributed by atoms with van der Waals surface area (Å²) in [6.07, 6.45) is 1.91. The zero-order chi connectivity index (χ0) is 21.3.